The number of fused-ring (bicyclic) bond motifs is 1. The van der Waals surface area contributed by atoms with E-state index in [9.17, 15) is 0 Å². The van der Waals surface area contributed by atoms with Gasteiger partial charge in [0.15, 0.2) is 0 Å². The molecule has 0 radical (unpaired) electrons. The molecule has 0 amide bonds. The monoisotopic (exact) mass is 313 g/mol. The average molecular weight is 314 g/mol. The van der Waals surface area contributed by atoms with Crippen molar-refractivity contribution in [2.45, 2.75) is 37.5 Å². The SMILES string of the molecule is CSC(C)(C)CNC1CCc2ccc(Br)cc21. The highest BCUT2D eigenvalue weighted by Gasteiger charge is 2.24. The third kappa shape index (κ3) is 3.27. The van der Waals surface area contributed by atoms with Crippen LogP contribution < -0.4 is 5.32 Å². The van der Waals surface area contributed by atoms with Gasteiger partial charge in [0, 0.05) is 21.8 Å². The second-order valence-electron chi connectivity index (χ2n) is 5.28. The van der Waals surface area contributed by atoms with Crippen LogP contribution in [0, 0.1) is 0 Å². The Hall–Kier alpha value is 0.01000. The third-order valence-corrected chi connectivity index (χ3v) is 5.26. The van der Waals surface area contributed by atoms with Crippen molar-refractivity contribution in [1.82, 2.24) is 5.32 Å². The molecule has 0 heterocycles. The lowest BCUT2D eigenvalue weighted by atomic mass is 10.1. The van der Waals surface area contributed by atoms with Gasteiger partial charge in [-0.05, 0) is 56.2 Å². The summed E-state index contributed by atoms with van der Waals surface area (Å²) in [7, 11) is 0. The maximum absolute atomic E-state index is 3.71. The van der Waals surface area contributed by atoms with Crippen LogP contribution in [0.15, 0.2) is 22.7 Å². The molecule has 0 bridgehead atoms. The Morgan fingerprint density at radius 1 is 1.47 bits per heavy atom. The average Bonchev–Trinajstić information content (AvgIpc) is 2.69. The Morgan fingerprint density at radius 2 is 2.24 bits per heavy atom. The molecule has 1 N–H and O–H groups in total. The van der Waals surface area contributed by atoms with Gasteiger partial charge in [0.2, 0.25) is 0 Å². The Kier molecular flexibility index (Phi) is 4.22. The lowest BCUT2D eigenvalue weighted by Crippen LogP contribution is -2.33. The molecular formula is C14H20BrNS. The van der Waals surface area contributed by atoms with Crippen molar-refractivity contribution >= 4 is 27.7 Å². The van der Waals surface area contributed by atoms with Gasteiger partial charge in [-0.2, -0.15) is 11.8 Å². The molecule has 0 spiro atoms. The summed E-state index contributed by atoms with van der Waals surface area (Å²) in [5.74, 6) is 0. The number of halogens is 1. The fourth-order valence-corrected chi connectivity index (χ4v) is 2.83. The van der Waals surface area contributed by atoms with Crippen molar-refractivity contribution in [2.24, 2.45) is 0 Å². The summed E-state index contributed by atoms with van der Waals surface area (Å²) in [6, 6.07) is 7.20. The van der Waals surface area contributed by atoms with E-state index in [2.05, 4.69) is 59.5 Å². The molecule has 1 atom stereocenters. The highest BCUT2D eigenvalue weighted by atomic mass is 79.9. The van der Waals surface area contributed by atoms with Crippen LogP contribution in [0.5, 0.6) is 0 Å². The van der Waals surface area contributed by atoms with Gasteiger partial charge in [0.05, 0.1) is 0 Å². The van der Waals surface area contributed by atoms with Crippen LogP contribution in [0.2, 0.25) is 0 Å². The van der Waals surface area contributed by atoms with Crippen molar-refractivity contribution in [3.05, 3.63) is 33.8 Å². The molecule has 0 saturated carbocycles. The molecule has 1 aromatic carbocycles. The first kappa shape index (κ1) is 13.4. The van der Waals surface area contributed by atoms with E-state index in [0.29, 0.717) is 10.8 Å². The molecule has 1 aliphatic carbocycles. The van der Waals surface area contributed by atoms with Gasteiger partial charge in [-0.25, -0.2) is 0 Å². The first-order chi connectivity index (χ1) is 8.02. The molecular weight excluding hydrogens is 294 g/mol. The summed E-state index contributed by atoms with van der Waals surface area (Å²) < 4.78 is 1.50. The van der Waals surface area contributed by atoms with Crippen LogP contribution in [0.25, 0.3) is 0 Å². The number of hydrogen-bond donors (Lipinski definition) is 1. The number of nitrogens with one attached hydrogen (secondary N) is 1. The van der Waals surface area contributed by atoms with Crippen molar-refractivity contribution in [3.63, 3.8) is 0 Å². The van der Waals surface area contributed by atoms with Crippen molar-refractivity contribution in [1.29, 1.82) is 0 Å². The first-order valence-corrected chi connectivity index (χ1v) is 8.10. The van der Waals surface area contributed by atoms with Crippen molar-refractivity contribution < 1.29 is 0 Å². The Morgan fingerprint density at radius 3 is 2.94 bits per heavy atom. The zero-order chi connectivity index (χ0) is 12.5. The topological polar surface area (TPSA) is 12.0 Å². The Balaban J connectivity index is 2.04. The Bertz CT molecular complexity index is 403. The largest absolute Gasteiger partial charge is 0.309 e. The minimum Gasteiger partial charge on any atom is -0.309 e. The Labute approximate surface area is 117 Å². The lowest BCUT2D eigenvalue weighted by molar-refractivity contribution is 0.493. The standard InChI is InChI=1S/C14H20BrNS/c1-14(2,17-3)9-16-13-7-5-10-4-6-11(15)8-12(10)13/h4,6,8,13,16H,5,7,9H2,1-3H3. The molecule has 0 aromatic heterocycles. The smallest absolute Gasteiger partial charge is 0.0327 e. The quantitative estimate of drug-likeness (QED) is 0.895. The summed E-state index contributed by atoms with van der Waals surface area (Å²) in [4.78, 5) is 0. The number of hydrogen-bond acceptors (Lipinski definition) is 2. The molecule has 1 nitrogen and oxygen atoms in total. The van der Waals surface area contributed by atoms with E-state index in [-0.39, 0.29) is 0 Å². The zero-order valence-electron chi connectivity index (χ0n) is 10.7. The summed E-state index contributed by atoms with van der Waals surface area (Å²) in [5, 5.41) is 3.71. The van der Waals surface area contributed by atoms with E-state index in [1.165, 1.54) is 28.4 Å². The number of aryl methyl sites for hydroxylation is 1. The van der Waals surface area contributed by atoms with Crippen LogP contribution in [-0.2, 0) is 6.42 Å². The highest BCUT2D eigenvalue weighted by Crippen LogP contribution is 2.33. The molecule has 1 unspecified atom stereocenters. The van der Waals surface area contributed by atoms with Crippen molar-refractivity contribution in [2.75, 3.05) is 12.8 Å². The zero-order valence-corrected chi connectivity index (χ0v) is 13.1. The third-order valence-electron chi connectivity index (χ3n) is 3.51. The highest BCUT2D eigenvalue weighted by molar-refractivity contribution is 9.10. The summed E-state index contributed by atoms with van der Waals surface area (Å²) in [6.45, 7) is 5.65. The molecule has 0 fully saturated rings. The van der Waals surface area contributed by atoms with Gasteiger partial charge in [-0.1, -0.05) is 22.0 Å². The van der Waals surface area contributed by atoms with Gasteiger partial charge in [0.25, 0.3) is 0 Å². The van der Waals surface area contributed by atoms with Crippen LogP contribution in [0.1, 0.15) is 37.4 Å². The number of rotatable bonds is 4. The molecule has 94 valence electrons. The van der Waals surface area contributed by atoms with E-state index < -0.39 is 0 Å². The maximum Gasteiger partial charge on any atom is 0.0327 e. The lowest BCUT2D eigenvalue weighted by Gasteiger charge is -2.25. The van der Waals surface area contributed by atoms with Crippen LogP contribution in [0.3, 0.4) is 0 Å². The van der Waals surface area contributed by atoms with Crippen molar-refractivity contribution in [3.8, 4) is 0 Å². The summed E-state index contributed by atoms with van der Waals surface area (Å²) >= 11 is 5.49. The first-order valence-electron chi connectivity index (χ1n) is 6.09. The second-order valence-corrected chi connectivity index (χ2v) is 7.71. The minimum atomic E-state index is 0.314. The predicted molar refractivity (Wildman–Crippen MR) is 80.8 cm³/mol. The van der Waals surface area contributed by atoms with Gasteiger partial charge in [-0.3, -0.25) is 0 Å². The molecule has 1 aromatic rings. The summed E-state index contributed by atoms with van der Waals surface area (Å²) in [5.41, 5.74) is 2.99. The minimum absolute atomic E-state index is 0.314. The van der Waals surface area contributed by atoms with E-state index in [1.807, 2.05) is 11.8 Å². The van der Waals surface area contributed by atoms with E-state index in [1.54, 1.807) is 0 Å². The fourth-order valence-electron chi connectivity index (χ4n) is 2.23. The van der Waals surface area contributed by atoms with Crippen LogP contribution >= 0.6 is 27.7 Å². The molecule has 0 aliphatic heterocycles. The van der Waals surface area contributed by atoms with Crippen LogP contribution in [-0.4, -0.2) is 17.5 Å². The summed E-state index contributed by atoms with van der Waals surface area (Å²) in [6.07, 6.45) is 4.62. The molecule has 2 rings (SSSR count). The normalized spacial score (nSPS) is 19.4. The number of thioether (sulfide) groups is 1. The van der Waals surface area contributed by atoms with E-state index in [0.717, 1.165) is 6.54 Å². The molecule has 17 heavy (non-hydrogen) atoms. The van der Waals surface area contributed by atoms with Gasteiger partial charge < -0.3 is 5.32 Å². The second kappa shape index (κ2) is 5.33. The van der Waals surface area contributed by atoms with Gasteiger partial charge >= 0.3 is 0 Å². The fraction of sp³-hybridized carbons (Fsp3) is 0.571. The molecule has 3 heteroatoms. The molecule has 0 saturated heterocycles. The van der Waals surface area contributed by atoms with E-state index in [4.69, 9.17) is 0 Å². The predicted octanol–water partition coefficient (Wildman–Crippen LogP) is 4.17. The van der Waals surface area contributed by atoms with Gasteiger partial charge in [-0.15, -0.1) is 0 Å². The molecule has 1 aliphatic rings. The number of benzene rings is 1. The van der Waals surface area contributed by atoms with Crippen LogP contribution in [0.4, 0.5) is 0 Å². The maximum atomic E-state index is 3.71. The van der Waals surface area contributed by atoms with Gasteiger partial charge in [0.1, 0.15) is 0 Å². The van der Waals surface area contributed by atoms with E-state index >= 15 is 0 Å².